The number of ether oxygens (including phenoxy) is 1. The molecule has 2 amide bonds. The Morgan fingerprint density at radius 2 is 2.08 bits per heavy atom. The van der Waals surface area contributed by atoms with E-state index < -0.39 is 12.0 Å². The molecule has 6 nitrogen and oxygen atoms in total. The zero-order valence-corrected chi connectivity index (χ0v) is 16.4. The summed E-state index contributed by atoms with van der Waals surface area (Å²) in [6, 6.07) is 8.77. The zero-order valence-electron chi connectivity index (χ0n) is 14.8. The Hall–Kier alpha value is -2.56. The number of hydrogen-bond donors (Lipinski definition) is 1. The summed E-state index contributed by atoms with van der Waals surface area (Å²) in [5, 5.41) is 12.9. The van der Waals surface area contributed by atoms with Crippen molar-refractivity contribution in [3.63, 3.8) is 0 Å². The average Bonchev–Trinajstić information content (AvgIpc) is 2.89. The smallest absolute Gasteiger partial charge is 0.265 e. The molecule has 1 atom stereocenters. The molecule has 0 fully saturated rings. The lowest BCUT2D eigenvalue weighted by Crippen LogP contribution is -2.30. The highest BCUT2D eigenvalue weighted by Gasteiger charge is 2.24. The van der Waals surface area contributed by atoms with E-state index in [4.69, 9.17) is 16.3 Å². The van der Waals surface area contributed by atoms with Gasteiger partial charge in [0, 0.05) is 19.1 Å². The molecular weight excluding hydrogens is 374 g/mol. The number of carbonyl (C=O) groups is 2. The molecular formula is C18H18ClN3O3S. The lowest BCUT2D eigenvalue weighted by Gasteiger charge is -2.14. The highest BCUT2D eigenvalue weighted by Crippen LogP contribution is 2.33. The van der Waals surface area contributed by atoms with Crippen molar-refractivity contribution in [1.29, 1.82) is 5.26 Å². The molecule has 1 heterocycles. The first kappa shape index (κ1) is 19.8. The fourth-order valence-electron chi connectivity index (χ4n) is 2.15. The lowest BCUT2D eigenvalue weighted by molar-refractivity contribution is -0.122. The van der Waals surface area contributed by atoms with Crippen molar-refractivity contribution in [2.24, 2.45) is 0 Å². The Morgan fingerprint density at radius 1 is 1.38 bits per heavy atom. The first-order valence-electron chi connectivity index (χ1n) is 7.72. The topological polar surface area (TPSA) is 82.4 Å². The summed E-state index contributed by atoms with van der Waals surface area (Å²) in [5.74, 6) is -0.175. The number of halogens is 1. The minimum Gasteiger partial charge on any atom is -0.481 e. The fraction of sp³-hybridized carbons (Fsp3) is 0.278. The number of amides is 2. The van der Waals surface area contributed by atoms with Gasteiger partial charge in [0.25, 0.3) is 11.8 Å². The first-order valence-corrected chi connectivity index (χ1v) is 8.92. The summed E-state index contributed by atoms with van der Waals surface area (Å²) in [6.45, 7) is 3.28. The second kappa shape index (κ2) is 8.21. The van der Waals surface area contributed by atoms with Gasteiger partial charge in [-0.15, -0.1) is 11.3 Å². The molecule has 2 rings (SSSR count). The Morgan fingerprint density at radius 3 is 2.65 bits per heavy atom. The van der Waals surface area contributed by atoms with Crippen LogP contribution >= 0.6 is 22.9 Å². The Labute approximate surface area is 160 Å². The zero-order chi connectivity index (χ0) is 19.4. The van der Waals surface area contributed by atoms with Gasteiger partial charge >= 0.3 is 0 Å². The van der Waals surface area contributed by atoms with Crippen molar-refractivity contribution >= 4 is 39.8 Å². The molecule has 8 heteroatoms. The van der Waals surface area contributed by atoms with E-state index in [1.165, 1.54) is 4.90 Å². The molecule has 0 bridgehead atoms. The molecule has 0 saturated carbocycles. The molecule has 1 N–H and O–H groups in total. The van der Waals surface area contributed by atoms with Crippen molar-refractivity contribution in [1.82, 2.24) is 4.90 Å². The summed E-state index contributed by atoms with van der Waals surface area (Å²) in [6.07, 6.45) is -0.810. The van der Waals surface area contributed by atoms with E-state index in [0.717, 1.165) is 11.3 Å². The second-order valence-electron chi connectivity index (χ2n) is 5.78. The van der Waals surface area contributed by atoms with Gasteiger partial charge < -0.3 is 15.0 Å². The molecule has 0 saturated heterocycles. The first-order chi connectivity index (χ1) is 12.2. The van der Waals surface area contributed by atoms with Crippen LogP contribution in [0.3, 0.4) is 0 Å². The van der Waals surface area contributed by atoms with Gasteiger partial charge in [-0.3, -0.25) is 9.59 Å². The van der Waals surface area contributed by atoms with Crippen LogP contribution in [0, 0.1) is 18.3 Å². The number of thiophene rings is 1. The SMILES string of the molecule is Cc1c(C(=O)N(C)C)sc(NC(=O)[C@@H](C)Oc2cccc(Cl)c2)c1C#N. The van der Waals surface area contributed by atoms with Crippen LogP contribution in [0.5, 0.6) is 5.75 Å². The quantitative estimate of drug-likeness (QED) is 0.842. The molecule has 0 unspecified atom stereocenters. The van der Waals surface area contributed by atoms with Gasteiger partial charge in [0.05, 0.1) is 10.4 Å². The fourth-order valence-corrected chi connectivity index (χ4v) is 3.52. The number of nitrogens with one attached hydrogen (secondary N) is 1. The third-order valence-electron chi connectivity index (χ3n) is 3.57. The van der Waals surface area contributed by atoms with Gasteiger partial charge in [-0.1, -0.05) is 17.7 Å². The van der Waals surface area contributed by atoms with E-state index in [-0.39, 0.29) is 11.5 Å². The maximum atomic E-state index is 12.4. The van der Waals surface area contributed by atoms with Crippen LogP contribution in [0.15, 0.2) is 24.3 Å². The van der Waals surface area contributed by atoms with Crippen LogP contribution in [0.1, 0.15) is 27.7 Å². The molecule has 0 aliphatic rings. The third kappa shape index (κ3) is 4.34. The number of nitriles is 1. The molecule has 1 aromatic heterocycles. The summed E-state index contributed by atoms with van der Waals surface area (Å²) in [4.78, 5) is 26.5. The molecule has 0 spiro atoms. The molecule has 0 aliphatic carbocycles. The van der Waals surface area contributed by atoms with Crippen molar-refractivity contribution < 1.29 is 14.3 Å². The van der Waals surface area contributed by atoms with Crippen LogP contribution in [0.4, 0.5) is 5.00 Å². The summed E-state index contributed by atoms with van der Waals surface area (Å²) >= 11 is 6.98. The number of hydrogen-bond acceptors (Lipinski definition) is 5. The van der Waals surface area contributed by atoms with Crippen LogP contribution in [0.25, 0.3) is 0 Å². The molecule has 1 aromatic carbocycles. The van der Waals surface area contributed by atoms with E-state index in [2.05, 4.69) is 5.32 Å². The normalized spacial score (nSPS) is 11.4. The Kier molecular flexibility index (Phi) is 6.24. The molecule has 26 heavy (non-hydrogen) atoms. The number of nitrogens with zero attached hydrogens (tertiary/aromatic N) is 2. The number of carbonyl (C=O) groups excluding carboxylic acids is 2. The van der Waals surface area contributed by atoms with Crippen molar-refractivity contribution in [2.75, 3.05) is 19.4 Å². The van der Waals surface area contributed by atoms with Crippen LogP contribution < -0.4 is 10.1 Å². The van der Waals surface area contributed by atoms with Gasteiger partial charge in [-0.05, 0) is 37.6 Å². The van der Waals surface area contributed by atoms with E-state index in [1.807, 2.05) is 6.07 Å². The number of rotatable bonds is 5. The second-order valence-corrected chi connectivity index (χ2v) is 7.24. The van der Waals surface area contributed by atoms with Gasteiger partial charge in [0.2, 0.25) is 0 Å². The lowest BCUT2D eigenvalue weighted by atomic mass is 10.1. The van der Waals surface area contributed by atoms with Gasteiger partial charge in [0.1, 0.15) is 16.8 Å². The minimum absolute atomic E-state index is 0.215. The van der Waals surface area contributed by atoms with Gasteiger partial charge in [-0.2, -0.15) is 5.26 Å². The predicted molar refractivity (Wildman–Crippen MR) is 102 cm³/mol. The van der Waals surface area contributed by atoms with Crippen LogP contribution in [0.2, 0.25) is 5.02 Å². The minimum atomic E-state index is -0.810. The largest absolute Gasteiger partial charge is 0.481 e. The molecule has 0 aliphatic heterocycles. The molecule has 2 aromatic rings. The number of benzene rings is 1. The van der Waals surface area contributed by atoms with E-state index in [1.54, 1.807) is 52.2 Å². The monoisotopic (exact) mass is 391 g/mol. The van der Waals surface area contributed by atoms with Crippen molar-refractivity contribution in [3.8, 4) is 11.8 Å². The highest BCUT2D eigenvalue weighted by atomic mass is 35.5. The maximum Gasteiger partial charge on any atom is 0.265 e. The summed E-state index contributed by atoms with van der Waals surface area (Å²) in [7, 11) is 3.26. The van der Waals surface area contributed by atoms with Gasteiger partial charge in [-0.25, -0.2) is 0 Å². The highest BCUT2D eigenvalue weighted by molar-refractivity contribution is 7.18. The van der Waals surface area contributed by atoms with E-state index in [9.17, 15) is 14.9 Å². The summed E-state index contributed by atoms with van der Waals surface area (Å²) in [5.41, 5.74) is 0.832. The molecule has 136 valence electrons. The average molecular weight is 392 g/mol. The predicted octanol–water partition coefficient (Wildman–Crippen LogP) is 3.69. The summed E-state index contributed by atoms with van der Waals surface area (Å²) < 4.78 is 5.58. The maximum absolute atomic E-state index is 12.4. The Bertz CT molecular complexity index is 886. The van der Waals surface area contributed by atoms with Crippen molar-refractivity contribution in [2.45, 2.75) is 20.0 Å². The van der Waals surface area contributed by atoms with Crippen molar-refractivity contribution in [3.05, 3.63) is 45.3 Å². The third-order valence-corrected chi connectivity index (χ3v) is 5.00. The van der Waals surface area contributed by atoms with Crippen LogP contribution in [-0.2, 0) is 4.79 Å². The van der Waals surface area contributed by atoms with E-state index in [0.29, 0.717) is 26.2 Å². The van der Waals surface area contributed by atoms with Gasteiger partial charge in [0.15, 0.2) is 6.10 Å². The molecule has 0 radical (unpaired) electrons. The Balaban J connectivity index is 2.19. The standard InChI is InChI=1S/C18H18ClN3O3S/c1-10-14(9-20)17(26-15(10)18(24)22(3)4)21-16(23)11(2)25-13-7-5-6-12(19)8-13/h5-8,11H,1-4H3,(H,21,23)/t11-/m1/s1. The number of anilines is 1. The van der Waals surface area contributed by atoms with E-state index >= 15 is 0 Å². The van der Waals surface area contributed by atoms with Crippen LogP contribution in [-0.4, -0.2) is 36.9 Å².